The van der Waals surface area contributed by atoms with Crippen molar-refractivity contribution in [2.75, 3.05) is 0 Å². The van der Waals surface area contributed by atoms with Crippen LogP contribution in [0.25, 0.3) is 0 Å². The molecule has 0 aliphatic carbocycles. The van der Waals surface area contributed by atoms with E-state index in [9.17, 15) is 19.2 Å². The molecule has 0 saturated carbocycles. The second-order valence-electron chi connectivity index (χ2n) is 6.87. The van der Waals surface area contributed by atoms with Gasteiger partial charge in [0, 0.05) is 6.42 Å². The molecule has 0 saturated heterocycles. The number of carboxylic acids is 1. The lowest BCUT2D eigenvalue weighted by Crippen LogP contribution is -2.56. The van der Waals surface area contributed by atoms with E-state index in [0.29, 0.717) is 6.42 Å². The number of carbonyl (C=O) groups excluding carboxylic acids is 3. The first kappa shape index (κ1) is 22.8. The van der Waals surface area contributed by atoms with Crippen LogP contribution in [-0.2, 0) is 19.2 Å². The summed E-state index contributed by atoms with van der Waals surface area (Å²) in [5, 5.41) is 14.1. The predicted octanol–water partition coefficient (Wildman–Crippen LogP) is -0.664. The molecule has 0 unspecified atom stereocenters. The highest BCUT2D eigenvalue weighted by Crippen LogP contribution is 2.07. The third-order valence-corrected chi connectivity index (χ3v) is 3.60. The highest BCUT2D eigenvalue weighted by molar-refractivity contribution is 5.92. The monoisotopic (exact) mass is 358 g/mol. The molecule has 3 atom stereocenters. The Morgan fingerprint density at radius 1 is 1.00 bits per heavy atom. The fraction of sp³-hybridized carbons (Fsp3) is 0.750. The maximum atomic E-state index is 12.4. The van der Waals surface area contributed by atoms with E-state index in [1.54, 1.807) is 13.8 Å². The van der Waals surface area contributed by atoms with Crippen LogP contribution in [0.5, 0.6) is 0 Å². The molecule has 0 heterocycles. The minimum Gasteiger partial charge on any atom is -0.480 e. The number of carboxylic acid groups (broad SMARTS) is 1. The SMILES string of the molecule is CC(C)C[C@@H](N)C(=O)N[C@H](C(=O)N[C@@H](CCC(N)=O)C(=O)O)C(C)C. The van der Waals surface area contributed by atoms with Gasteiger partial charge in [0.25, 0.3) is 0 Å². The summed E-state index contributed by atoms with van der Waals surface area (Å²) in [5.41, 5.74) is 10.8. The molecule has 0 aromatic heterocycles. The standard InChI is InChI=1S/C16H30N4O5/c1-8(2)7-10(17)14(22)20-13(9(3)4)15(23)19-11(16(24)25)5-6-12(18)21/h8-11,13H,5-7,17H2,1-4H3,(H2,18,21)(H,19,23)(H,20,22)(H,24,25)/t10-,11+,13+/m1/s1. The van der Waals surface area contributed by atoms with Crippen molar-refractivity contribution in [2.45, 2.75) is 65.1 Å². The Morgan fingerprint density at radius 2 is 1.56 bits per heavy atom. The van der Waals surface area contributed by atoms with Gasteiger partial charge in [-0.25, -0.2) is 4.79 Å². The van der Waals surface area contributed by atoms with E-state index in [2.05, 4.69) is 10.6 Å². The van der Waals surface area contributed by atoms with E-state index in [4.69, 9.17) is 16.6 Å². The zero-order chi connectivity index (χ0) is 19.7. The number of nitrogens with two attached hydrogens (primary N) is 2. The van der Waals surface area contributed by atoms with Gasteiger partial charge >= 0.3 is 5.97 Å². The first-order chi connectivity index (χ1) is 11.5. The van der Waals surface area contributed by atoms with Crippen molar-refractivity contribution in [3.8, 4) is 0 Å². The normalized spacial score (nSPS) is 14.7. The smallest absolute Gasteiger partial charge is 0.326 e. The van der Waals surface area contributed by atoms with Crippen molar-refractivity contribution in [3.63, 3.8) is 0 Å². The maximum Gasteiger partial charge on any atom is 0.326 e. The lowest BCUT2D eigenvalue weighted by atomic mass is 10.00. The second kappa shape index (κ2) is 10.7. The van der Waals surface area contributed by atoms with Crippen LogP contribution in [0.3, 0.4) is 0 Å². The van der Waals surface area contributed by atoms with E-state index in [-0.39, 0.29) is 24.7 Å². The predicted molar refractivity (Wildman–Crippen MR) is 92.2 cm³/mol. The van der Waals surface area contributed by atoms with Gasteiger partial charge in [0.2, 0.25) is 17.7 Å². The van der Waals surface area contributed by atoms with Crippen LogP contribution in [-0.4, -0.2) is 46.9 Å². The van der Waals surface area contributed by atoms with Gasteiger partial charge in [-0.2, -0.15) is 0 Å². The number of rotatable bonds is 11. The third kappa shape index (κ3) is 9.04. The van der Waals surface area contributed by atoms with E-state index < -0.39 is 41.8 Å². The molecule has 9 heteroatoms. The van der Waals surface area contributed by atoms with Crippen molar-refractivity contribution >= 4 is 23.7 Å². The van der Waals surface area contributed by atoms with Crippen LogP contribution in [0.15, 0.2) is 0 Å². The summed E-state index contributed by atoms with van der Waals surface area (Å²) in [4.78, 5) is 46.5. The molecule has 7 N–H and O–H groups in total. The number of primary amides is 1. The molecule has 3 amide bonds. The molecule has 0 aliphatic rings. The fourth-order valence-corrected chi connectivity index (χ4v) is 2.22. The summed E-state index contributed by atoms with van der Waals surface area (Å²) in [6.45, 7) is 7.29. The van der Waals surface area contributed by atoms with Gasteiger partial charge in [-0.3, -0.25) is 14.4 Å². The summed E-state index contributed by atoms with van der Waals surface area (Å²) < 4.78 is 0. The summed E-state index contributed by atoms with van der Waals surface area (Å²) in [6.07, 6.45) is 0.172. The lowest BCUT2D eigenvalue weighted by molar-refractivity contribution is -0.142. The second-order valence-corrected chi connectivity index (χ2v) is 6.87. The Labute approximate surface area is 147 Å². The summed E-state index contributed by atoms with van der Waals surface area (Å²) in [7, 11) is 0. The van der Waals surface area contributed by atoms with Crippen LogP contribution in [0.2, 0.25) is 0 Å². The zero-order valence-corrected chi connectivity index (χ0v) is 15.2. The van der Waals surface area contributed by atoms with Crippen molar-refractivity contribution in [2.24, 2.45) is 23.3 Å². The average Bonchev–Trinajstić information content (AvgIpc) is 2.46. The lowest BCUT2D eigenvalue weighted by Gasteiger charge is -2.25. The highest BCUT2D eigenvalue weighted by atomic mass is 16.4. The van der Waals surface area contributed by atoms with E-state index in [1.807, 2.05) is 13.8 Å². The highest BCUT2D eigenvalue weighted by Gasteiger charge is 2.30. The minimum atomic E-state index is -1.28. The van der Waals surface area contributed by atoms with E-state index in [0.717, 1.165) is 0 Å². The van der Waals surface area contributed by atoms with Gasteiger partial charge in [-0.05, 0) is 24.7 Å². The van der Waals surface area contributed by atoms with Crippen LogP contribution in [0.1, 0.15) is 47.0 Å². The topological polar surface area (TPSA) is 165 Å². The van der Waals surface area contributed by atoms with Crippen LogP contribution in [0.4, 0.5) is 0 Å². The summed E-state index contributed by atoms with van der Waals surface area (Å²) in [6, 6.07) is -2.94. The van der Waals surface area contributed by atoms with Gasteiger partial charge < -0.3 is 27.2 Å². The molecular formula is C16H30N4O5. The first-order valence-corrected chi connectivity index (χ1v) is 8.33. The van der Waals surface area contributed by atoms with Crippen molar-refractivity contribution in [3.05, 3.63) is 0 Å². The Hall–Kier alpha value is -2.16. The number of nitrogens with one attached hydrogen (secondary N) is 2. The number of hydrogen-bond acceptors (Lipinski definition) is 5. The molecule has 0 spiro atoms. The maximum absolute atomic E-state index is 12.4. The molecule has 0 bridgehead atoms. The van der Waals surface area contributed by atoms with Gasteiger partial charge in [-0.15, -0.1) is 0 Å². The Bertz CT molecular complexity index is 493. The molecule has 0 radical (unpaired) electrons. The Kier molecular flexibility index (Phi) is 9.73. The zero-order valence-electron chi connectivity index (χ0n) is 15.2. The molecule has 0 aromatic carbocycles. The molecule has 0 rings (SSSR count). The average molecular weight is 358 g/mol. The molecular weight excluding hydrogens is 328 g/mol. The van der Waals surface area contributed by atoms with Crippen molar-refractivity contribution in [1.29, 1.82) is 0 Å². The van der Waals surface area contributed by atoms with E-state index >= 15 is 0 Å². The Morgan fingerprint density at radius 3 is 1.96 bits per heavy atom. The summed E-state index contributed by atoms with van der Waals surface area (Å²) in [5.74, 6) is -3.10. The molecule has 144 valence electrons. The van der Waals surface area contributed by atoms with Crippen LogP contribution < -0.4 is 22.1 Å². The van der Waals surface area contributed by atoms with Crippen molar-refractivity contribution < 1.29 is 24.3 Å². The number of hydrogen-bond donors (Lipinski definition) is 5. The molecule has 9 nitrogen and oxygen atoms in total. The van der Waals surface area contributed by atoms with E-state index in [1.165, 1.54) is 0 Å². The molecule has 0 aromatic rings. The van der Waals surface area contributed by atoms with Gasteiger partial charge in [-0.1, -0.05) is 27.7 Å². The van der Waals surface area contributed by atoms with Crippen LogP contribution >= 0.6 is 0 Å². The Balaban J connectivity index is 4.94. The van der Waals surface area contributed by atoms with Crippen molar-refractivity contribution in [1.82, 2.24) is 10.6 Å². The first-order valence-electron chi connectivity index (χ1n) is 8.33. The molecule has 25 heavy (non-hydrogen) atoms. The van der Waals surface area contributed by atoms with Gasteiger partial charge in [0.15, 0.2) is 0 Å². The summed E-state index contributed by atoms with van der Waals surface area (Å²) >= 11 is 0. The number of amides is 3. The third-order valence-electron chi connectivity index (χ3n) is 3.60. The van der Waals surface area contributed by atoms with Gasteiger partial charge in [0.1, 0.15) is 12.1 Å². The number of aliphatic carboxylic acids is 1. The number of carbonyl (C=O) groups is 4. The largest absolute Gasteiger partial charge is 0.480 e. The van der Waals surface area contributed by atoms with Crippen LogP contribution in [0, 0.1) is 11.8 Å². The van der Waals surface area contributed by atoms with Gasteiger partial charge in [0.05, 0.1) is 6.04 Å². The molecule has 0 fully saturated rings. The minimum absolute atomic E-state index is 0.123. The molecule has 0 aliphatic heterocycles. The fourth-order valence-electron chi connectivity index (χ4n) is 2.22. The quantitative estimate of drug-likeness (QED) is 0.329.